The van der Waals surface area contributed by atoms with Gasteiger partial charge in [0.05, 0.1) is 18.0 Å². The van der Waals surface area contributed by atoms with Gasteiger partial charge in [0.15, 0.2) is 0 Å². The summed E-state index contributed by atoms with van der Waals surface area (Å²) in [7, 11) is 0. The van der Waals surface area contributed by atoms with Crippen molar-refractivity contribution >= 4 is 0 Å². The highest BCUT2D eigenvalue weighted by atomic mass is 16.5. The highest BCUT2D eigenvalue weighted by Gasteiger charge is 2.23. The molecule has 3 nitrogen and oxygen atoms in total. The van der Waals surface area contributed by atoms with Gasteiger partial charge in [-0.25, -0.2) is 0 Å². The second-order valence-electron chi connectivity index (χ2n) is 7.22. The Morgan fingerprint density at radius 2 is 1.64 bits per heavy atom. The summed E-state index contributed by atoms with van der Waals surface area (Å²) in [5, 5.41) is 9.02. The van der Waals surface area contributed by atoms with E-state index in [1.165, 1.54) is 44.2 Å². The van der Waals surface area contributed by atoms with Crippen LogP contribution in [0.2, 0.25) is 0 Å². The summed E-state index contributed by atoms with van der Waals surface area (Å²) in [6.07, 6.45) is 8.95. The Morgan fingerprint density at radius 3 is 2.24 bits per heavy atom. The minimum Gasteiger partial charge on any atom is -0.494 e. The van der Waals surface area contributed by atoms with Gasteiger partial charge in [0, 0.05) is 11.5 Å². The molecule has 0 aliphatic heterocycles. The summed E-state index contributed by atoms with van der Waals surface area (Å²) in [6, 6.07) is 12.4. The summed E-state index contributed by atoms with van der Waals surface area (Å²) in [5.74, 6) is 2.44. The van der Waals surface area contributed by atoms with E-state index in [0.717, 1.165) is 36.0 Å². The molecule has 1 aromatic carbocycles. The third-order valence-electron chi connectivity index (χ3n) is 5.27. The second-order valence-corrected chi connectivity index (χ2v) is 7.22. The van der Waals surface area contributed by atoms with Crippen LogP contribution in [0.5, 0.6) is 5.75 Å². The van der Waals surface area contributed by atoms with Gasteiger partial charge in [0.1, 0.15) is 5.75 Å². The van der Waals surface area contributed by atoms with E-state index in [4.69, 9.17) is 4.74 Å². The minimum atomic E-state index is 0.597. The van der Waals surface area contributed by atoms with Crippen LogP contribution in [0.25, 0.3) is 11.3 Å². The fraction of sp³-hybridized carbons (Fsp3) is 0.545. The molecule has 0 radical (unpaired) electrons. The van der Waals surface area contributed by atoms with Gasteiger partial charge in [-0.05, 0) is 74.4 Å². The summed E-state index contributed by atoms with van der Waals surface area (Å²) in [4.78, 5) is 0. The van der Waals surface area contributed by atoms with Crippen molar-refractivity contribution in [2.75, 3.05) is 6.61 Å². The zero-order chi connectivity index (χ0) is 17.5. The maximum absolute atomic E-state index is 5.63. The zero-order valence-electron chi connectivity index (χ0n) is 15.6. The maximum atomic E-state index is 5.63. The van der Waals surface area contributed by atoms with Crippen LogP contribution < -0.4 is 4.74 Å². The molecule has 1 aliphatic carbocycles. The zero-order valence-corrected chi connectivity index (χ0v) is 15.6. The van der Waals surface area contributed by atoms with Crippen molar-refractivity contribution in [2.45, 2.75) is 64.7 Å². The molecule has 0 spiro atoms. The molecule has 1 heterocycles. The standard InChI is InChI=1S/C22H30N2O/c1-3-5-17-6-8-18(9-7-17)21-14-15-22(24-23-21)19-10-12-20(13-11-19)25-16-4-2/h10-15,17-18H,3-9,16H2,1-2H3/t17-,18-. The lowest BCUT2D eigenvalue weighted by Gasteiger charge is -2.27. The Kier molecular flexibility index (Phi) is 6.43. The van der Waals surface area contributed by atoms with Crippen LogP contribution in [-0.2, 0) is 0 Å². The Balaban J connectivity index is 1.60. The molecule has 2 aromatic rings. The quantitative estimate of drug-likeness (QED) is 0.620. The van der Waals surface area contributed by atoms with Crippen LogP contribution in [0.15, 0.2) is 36.4 Å². The molecule has 1 aliphatic rings. The lowest BCUT2D eigenvalue weighted by molar-refractivity contribution is 0.304. The molecule has 3 heteroatoms. The monoisotopic (exact) mass is 338 g/mol. The first-order valence-corrected chi connectivity index (χ1v) is 9.87. The molecular weight excluding hydrogens is 308 g/mol. The number of benzene rings is 1. The van der Waals surface area contributed by atoms with Crippen molar-refractivity contribution in [1.29, 1.82) is 0 Å². The normalized spacial score (nSPS) is 20.4. The van der Waals surface area contributed by atoms with Crippen LogP contribution in [0, 0.1) is 5.92 Å². The molecule has 0 saturated heterocycles. The van der Waals surface area contributed by atoms with Gasteiger partial charge in [-0.1, -0.05) is 26.7 Å². The molecule has 1 saturated carbocycles. The molecular formula is C22H30N2O. The van der Waals surface area contributed by atoms with Crippen LogP contribution in [0.1, 0.15) is 70.4 Å². The van der Waals surface area contributed by atoms with Crippen molar-refractivity contribution in [2.24, 2.45) is 5.92 Å². The topological polar surface area (TPSA) is 35.0 Å². The van der Waals surface area contributed by atoms with Gasteiger partial charge in [0.2, 0.25) is 0 Å². The predicted octanol–water partition coefficient (Wildman–Crippen LogP) is 6.01. The molecule has 0 bridgehead atoms. The smallest absolute Gasteiger partial charge is 0.119 e. The van der Waals surface area contributed by atoms with Gasteiger partial charge in [-0.3, -0.25) is 0 Å². The van der Waals surface area contributed by atoms with Gasteiger partial charge < -0.3 is 4.74 Å². The van der Waals surface area contributed by atoms with E-state index >= 15 is 0 Å². The lowest BCUT2D eigenvalue weighted by Crippen LogP contribution is -2.14. The SMILES string of the molecule is CCCOc1ccc(-c2ccc([C@H]3CC[C@H](CCC)CC3)nn2)cc1. The third-order valence-corrected chi connectivity index (χ3v) is 5.27. The Morgan fingerprint density at radius 1 is 0.880 bits per heavy atom. The van der Waals surface area contributed by atoms with Gasteiger partial charge in [-0.15, -0.1) is 0 Å². The Labute approximate surface area is 151 Å². The lowest BCUT2D eigenvalue weighted by atomic mass is 9.79. The van der Waals surface area contributed by atoms with Crippen molar-refractivity contribution in [1.82, 2.24) is 10.2 Å². The van der Waals surface area contributed by atoms with Crippen molar-refractivity contribution in [3.8, 4) is 17.0 Å². The number of nitrogens with zero attached hydrogens (tertiary/aromatic N) is 2. The van der Waals surface area contributed by atoms with Crippen LogP contribution in [-0.4, -0.2) is 16.8 Å². The summed E-state index contributed by atoms with van der Waals surface area (Å²) >= 11 is 0. The molecule has 0 N–H and O–H groups in total. The average Bonchev–Trinajstić information content (AvgIpc) is 2.68. The van der Waals surface area contributed by atoms with E-state index in [0.29, 0.717) is 5.92 Å². The first-order chi connectivity index (χ1) is 12.3. The highest BCUT2D eigenvalue weighted by molar-refractivity contribution is 5.59. The fourth-order valence-electron chi connectivity index (χ4n) is 3.81. The molecule has 0 unspecified atom stereocenters. The number of hydrogen-bond donors (Lipinski definition) is 0. The van der Waals surface area contributed by atoms with Crippen LogP contribution >= 0.6 is 0 Å². The first-order valence-electron chi connectivity index (χ1n) is 9.87. The van der Waals surface area contributed by atoms with Gasteiger partial charge in [0.25, 0.3) is 0 Å². The maximum Gasteiger partial charge on any atom is 0.119 e. The number of ether oxygens (including phenoxy) is 1. The van der Waals surface area contributed by atoms with E-state index in [1.807, 2.05) is 12.1 Å². The van der Waals surface area contributed by atoms with E-state index in [1.54, 1.807) is 0 Å². The molecule has 134 valence electrons. The Bertz CT molecular complexity index is 628. The van der Waals surface area contributed by atoms with Crippen molar-refractivity contribution in [3.05, 3.63) is 42.1 Å². The first kappa shape index (κ1) is 17.9. The van der Waals surface area contributed by atoms with Crippen molar-refractivity contribution < 1.29 is 4.74 Å². The number of hydrogen-bond acceptors (Lipinski definition) is 3. The fourth-order valence-corrected chi connectivity index (χ4v) is 3.81. The van der Waals surface area contributed by atoms with Crippen molar-refractivity contribution in [3.63, 3.8) is 0 Å². The summed E-state index contributed by atoms with van der Waals surface area (Å²) < 4.78 is 5.63. The van der Waals surface area contributed by atoms with E-state index in [-0.39, 0.29) is 0 Å². The Hall–Kier alpha value is -1.90. The molecule has 25 heavy (non-hydrogen) atoms. The van der Waals surface area contributed by atoms with Gasteiger partial charge in [-0.2, -0.15) is 10.2 Å². The largest absolute Gasteiger partial charge is 0.494 e. The van der Waals surface area contributed by atoms with E-state index in [2.05, 4.69) is 48.3 Å². The average molecular weight is 338 g/mol. The molecule has 1 fully saturated rings. The molecule has 0 amide bonds. The molecule has 0 atom stereocenters. The van der Waals surface area contributed by atoms with E-state index in [9.17, 15) is 0 Å². The summed E-state index contributed by atoms with van der Waals surface area (Å²) in [5.41, 5.74) is 3.20. The second kappa shape index (κ2) is 8.98. The summed E-state index contributed by atoms with van der Waals surface area (Å²) in [6.45, 7) is 5.16. The minimum absolute atomic E-state index is 0.597. The molecule has 3 rings (SSSR count). The number of aromatic nitrogens is 2. The van der Waals surface area contributed by atoms with Crippen LogP contribution in [0.3, 0.4) is 0 Å². The highest BCUT2D eigenvalue weighted by Crippen LogP contribution is 2.36. The van der Waals surface area contributed by atoms with E-state index < -0.39 is 0 Å². The third kappa shape index (κ3) is 4.81. The van der Waals surface area contributed by atoms with Crippen LogP contribution in [0.4, 0.5) is 0 Å². The predicted molar refractivity (Wildman–Crippen MR) is 103 cm³/mol. The van der Waals surface area contributed by atoms with Gasteiger partial charge >= 0.3 is 0 Å². The molecule has 1 aromatic heterocycles. The number of rotatable bonds is 7.